The van der Waals surface area contributed by atoms with E-state index in [0.29, 0.717) is 12.0 Å². The van der Waals surface area contributed by atoms with Gasteiger partial charge in [-0.05, 0) is 44.0 Å². The summed E-state index contributed by atoms with van der Waals surface area (Å²) in [6.45, 7) is 7.33. The van der Waals surface area contributed by atoms with Crippen molar-refractivity contribution in [2.24, 2.45) is 5.92 Å². The third kappa shape index (κ3) is 4.68. The standard InChI is InChI=1S/C14H22BrNO/c1-10(2)7-8-17-12-5-6-13(11(3)16-4)14(15)9-12/h5-6,9-11,16H,7-8H2,1-4H3. The quantitative estimate of drug-likeness (QED) is 0.852. The van der Waals surface area contributed by atoms with Crippen LogP contribution in [0.2, 0.25) is 0 Å². The van der Waals surface area contributed by atoms with Crippen LogP contribution >= 0.6 is 15.9 Å². The lowest BCUT2D eigenvalue weighted by Gasteiger charge is -2.14. The summed E-state index contributed by atoms with van der Waals surface area (Å²) in [5.41, 5.74) is 1.25. The molecule has 2 nitrogen and oxygen atoms in total. The molecule has 0 radical (unpaired) electrons. The highest BCUT2D eigenvalue weighted by Gasteiger charge is 2.08. The normalized spacial score (nSPS) is 12.8. The Bertz CT molecular complexity index is 352. The first-order valence-corrected chi connectivity index (χ1v) is 6.93. The number of halogens is 1. The van der Waals surface area contributed by atoms with Gasteiger partial charge in [0.2, 0.25) is 0 Å². The molecular weight excluding hydrogens is 278 g/mol. The smallest absolute Gasteiger partial charge is 0.120 e. The molecule has 1 unspecified atom stereocenters. The number of rotatable bonds is 6. The fourth-order valence-corrected chi connectivity index (χ4v) is 2.22. The van der Waals surface area contributed by atoms with Crippen molar-refractivity contribution in [2.45, 2.75) is 33.2 Å². The van der Waals surface area contributed by atoms with Crippen molar-refractivity contribution in [1.29, 1.82) is 0 Å². The summed E-state index contributed by atoms with van der Waals surface area (Å²) >= 11 is 3.59. The van der Waals surface area contributed by atoms with Gasteiger partial charge in [-0.15, -0.1) is 0 Å². The van der Waals surface area contributed by atoms with E-state index in [1.165, 1.54) is 5.56 Å². The van der Waals surface area contributed by atoms with Gasteiger partial charge >= 0.3 is 0 Å². The molecule has 17 heavy (non-hydrogen) atoms. The molecule has 1 aromatic rings. The molecule has 0 bridgehead atoms. The molecular formula is C14H22BrNO. The minimum atomic E-state index is 0.342. The zero-order valence-corrected chi connectivity index (χ0v) is 12.7. The summed E-state index contributed by atoms with van der Waals surface area (Å²) < 4.78 is 6.81. The molecule has 0 aliphatic rings. The van der Waals surface area contributed by atoms with Crippen LogP contribution in [0.15, 0.2) is 22.7 Å². The zero-order valence-electron chi connectivity index (χ0n) is 11.1. The third-order valence-corrected chi connectivity index (χ3v) is 3.52. The van der Waals surface area contributed by atoms with Crippen LogP contribution in [0.1, 0.15) is 38.8 Å². The Kier molecular flexibility index (Phi) is 6.00. The molecule has 0 amide bonds. The van der Waals surface area contributed by atoms with E-state index in [1.807, 2.05) is 19.2 Å². The fraction of sp³-hybridized carbons (Fsp3) is 0.571. The molecule has 0 fully saturated rings. The first-order valence-electron chi connectivity index (χ1n) is 6.14. The van der Waals surface area contributed by atoms with Gasteiger partial charge in [0.1, 0.15) is 5.75 Å². The third-order valence-electron chi connectivity index (χ3n) is 2.84. The van der Waals surface area contributed by atoms with Crippen molar-refractivity contribution in [3.8, 4) is 5.75 Å². The average Bonchev–Trinajstić information content (AvgIpc) is 2.28. The molecule has 1 rings (SSSR count). The van der Waals surface area contributed by atoms with E-state index < -0.39 is 0 Å². The van der Waals surface area contributed by atoms with Gasteiger partial charge in [0.25, 0.3) is 0 Å². The molecule has 0 spiro atoms. The highest BCUT2D eigenvalue weighted by atomic mass is 79.9. The van der Waals surface area contributed by atoms with Gasteiger partial charge in [0, 0.05) is 10.5 Å². The first-order chi connectivity index (χ1) is 8.04. The lowest BCUT2D eigenvalue weighted by molar-refractivity contribution is 0.289. The molecule has 1 atom stereocenters. The SMILES string of the molecule is CNC(C)c1ccc(OCCC(C)C)cc1Br. The van der Waals surface area contributed by atoms with Gasteiger partial charge in [-0.2, -0.15) is 0 Å². The largest absolute Gasteiger partial charge is 0.494 e. The van der Waals surface area contributed by atoms with Crippen molar-refractivity contribution < 1.29 is 4.74 Å². The molecule has 0 heterocycles. The van der Waals surface area contributed by atoms with Gasteiger partial charge in [-0.3, -0.25) is 0 Å². The molecule has 1 aromatic carbocycles. The van der Waals surface area contributed by atoms with Gasteiger partial charge in [0.15, 0.2) is 0 Å². The van der Waals surface area contributed by atoms with Crippen LogP contribution in [-0.4, -0.2) is 13.7 Å². The highest BCUT2D eigenvalue weighted by molar-refractivity contribution is 9.10. The zero-order chi connectivity index (χ0) is 12.8. The van der Waals surface area contributed by atoms with Gasteiger partial charge < -0.3 is 10.1 Å². The molecule has 96 valence electrons. The van der Waals surface area contributed by atoms with Crippen molar-refractivity contribution in [3.05, 3.63) is 28.2 Å². The number of benzene rings is 1. The predicted octanol–water partition coefficient (Wildman–Crippen LogP) is 4.15. The summed E-state index contributed by atoms with van der Waals surface area (Å²) in [4.78, 5) is 0. The summed E-state index contributed by atoms with van der Waals surface area (Å²) in [5.74, 6) is 1.62. The molecule has 0 aromatic heterocycles. The Labute approximate surface area is 113 Å². The lowest BCUT2D eigenvalue weighted by Crippen LogP contribution is -2.12. The number of hydrogen-bond donors (Lipinski definition) is 1. The molecule has 3 heteroatoms. The number of nitrogens with one attached hydrogen (secondary N) is 1. The van der Waals surface area contributed by atoms with E-state index >= 15 is 0 Å². The van der Waals surface area contributed by atoms with E-state index in [9.17, 15) is 0 Å². The van der Waals surface area contributed by atoms with Gasteiger partial charge in [-0.1, -0.05) is 35.8 Å². The van der Waals surface area contributed by atoms with Crippen molar-refractivity contribution in [1.82, 2.24) is 5.32 Å². The Balaban J connectivity index is 2.62. The van der Waals surface area contributed by atoms with Gasteiger partial charge in [-0.25, -0.2) is 0 Å². The Hall–Kier alpha value is -0.540. The Morgan fingerprint density at radius 3 is 2.53 bits per heavy atom. The van der Waals surface area contributed by atoms with Crippen LogP contribution in [0.3, 0.4) is 0 Å². The maximum Gasteiger partial charge on any atom is 0.120 e. The topological polar surface area (TPSA) is 21.3 Å². The molecule has 1 N–H and O–H groups in total. The van der Waals surface area contributed by atoms with E-state index in [0.717, 1.165) is 23.2 Å². The maximum absolute atomic E-state index is 5.72. The van der Waals surface area contributed by atoms with E-state index in [1.54, 1.807) is 0 Å². The summed E-state index contributed by atoms with van der Waals surface area (Å²) in [7, 11) is 1.96. The van der Waals surface area contributed by atoms with Crippen LogP contribution in [0.5, 0.6) is 5.75 Å². The summed E-state index contributed by atoms with van der Waals surface area (Å²) in [6.07, 6.45) is 1.09. The van der Waals surface area contributed by atoms with Crippen molar-refractivity contribution in [2.75, 3.05) is 13.7 Å². The summed E-state index contributed by atoms with van der Waals surface area (Å²) in [6, 6.07) is 6.53. The average molecular weight is 300 g/mol. The van der Waals surface area contributed by atoms with E-state index in [2.05, 4.69) is 48.1 Å². The van der Waals surface area contributed by atoms with Crippen LogP contribution in [0, 0.1) is 5.92 Å². The molecule has 0 saturated heterocycles. The predicted molar refractivity (Wildman–Crippen MR) is 76.6 cm³/mol. The number of hydrogen-bond acceptors (Lipinski definition) is 2. The minimum Gasteiger partial charge on any atom is -0.494 e. The maximum atomic E-state index is 5.72. The lowest BCUT2D eigenvalue weighted by atomic mass is 10.1. The second kappa shape index (κ2) is 7.02. The molecule has 0 aliphatic heterocycles. The van der Waals surface area contributed by atoms with Crippen LogP contribution < -0.4 is 10.1 Å². The van der Waals surface area contributed by atoms with Crippen LogP contribution in [-0.2, 0) is 0 Å². The second-order valence-corrected chi connectivity index (χ2v) is 5.58. The van der Waals surface area contributed by atoms with E-state index in [4.69, 9.17) is 4.74 Å². The monoisotopic (exact) mass is 299 g/mol. The van der Waals surface area contributed by atoms with Gasteiger partial charge in [0.05, 0.1) is 6.61 Å². The van der Waals surface area contributed by atoms with Crippen LogP contribution in [0.4, 0.5) is 0 Å². The second-order valence-electron chi connectivity index (χ2n) is 4.72. The first kappa shape index (κ1) is 14.5. The summed E-state index contributed by atoms with van der Waals surface area (Å²) in [5, 5.41) is 3.23. The Morgan fingerprint density at radius 2 is 2.00 bits per heavy atom. The fourth-order valence-electron chi connectivity index (χ4n) is 1.52. The minimum absolute atomic E-state index is 0.342. The number of ether oxygens (including phenoxy) is 1. The molecule has 0 aliphatic carbocycles. The highest BCUT2D eigenvalue weighted by Crippen LogP contribution is 2.27. The van der Waals surface area contributed by atoms with E-state index in [-0.39, 0.29) is 0 Å². The molecule has 0 saturated carbocycles. The van der Waals surface area contributed by atoms with Crippen molar-refractivity contribution in [3.63, 3.8) is 0 Å². The Morgan fingerprint density at radius 1 is 1.29 bits per heavy atom. The van der Waals surface area contributed by atoms with Crippen LogP contribution in [0.25, 0.3) is 0 Å². The van der Waals surface area contributed by atoms with Crippen molar-refractivity contribution >= 4 is 15.9 Å².